The largest absolute Gasteiger partial charge is 0.451 e. The number of rotatable bonds is 1. The fraction of sp³-hybridized carbons (Fsp3) is 0.417. The number of aryl methyl sites for hydroxylation is 1. The van der Waals surface area contributed by atoms with Gasteiger partial charge in [-0.1, -0.05) is 24.6 Å². The molecule has 74 valence electrons. The van der Waals surface area contributed by atoms with E-state index in [2.05, 4.69) is 0 Å². The topological polar surface area (TPSA) is 26.3 Å². The Balaban J connectivity index is 2.62. The first-order chi connectivity index (χ1) is 6.57. The highest BCUT2D eigenvalue weighted by Gasteiger charge is 2.39. The van der Waals surface area contributed by atoms with Gasteiger partial charge in [0.15, 0.2) is 0 Å². The van der Waals surface area contributed by atoms with Crippen molar-refractivity contribution in [3.05, 3.63) is 34.9 Å². The molecule has 1 aromatic carbocycles. The van der Waals surface area contributed by atoms with Gasteiger partial charge in [-0.3, -0.25) is 0 Å². The molecule has 0 bridgehead atoms. The molecule has 0 N–H and O–H groups in total. The average Bonchev–Trinajstić information content (AvgIpc) is 2.40. The molecule has 0 saturated carbocycles. The van der Waals surface area contributed by atoms with Crippen molar-refractivity contribution >= 4 is 5.97 Å². The number of ether oxygens (including phenoxy) is 1. The Kier molecular flexibility index (Phi) is 1.88. The minimum atomic E-state index is -0.418. The summed E-state index contributed by atoms with van der Waals surface area (Å²) in [6, 6.07) is 5.85. The number of cyclic esters (lactones) is 1. The minimum Gasteiger partial charge on any atom is -0.451 e. The van der Waals surface area contributed by atoms with Gasteiger partial charge in [0, 0.05) is 5.56 Å². The van der Waals surface area contributed by atoms with Gasteiger partial charge in [-0.2, -0.15) is 0 Å². The van der Waals surface area contributed by atoms with E-state index in [9.17, 15) is 4.79 Å². The lowest BCUT2D eigenvalue weighted by Gasteiger charge is -2.21. The molecule has 1 aromatic rings. The lowest BCUT2D eigenvalue weighted by molar-refractivity contribution is -0.000786. The van der Waals surface area contributed by atoms with Crippen LogP contribution in [0.3, 0.4) is 0 Å². The van der Waals surface area contributed by atoms with Gasteiger partial charge in [-0.15, -0.1) is 0 Å². The van der Waals surface area contributed by atoms with Crippen LogP contribution in [0, 0.1) is 6.92 Å². The zero-order valence-corrected chi connectivity index (χ0v) is 8.76. The van der Waals surface area contributed by atoms with E-state index in [1.54, 1.807) is 0 Å². The van der Waals surface area contributed by atoms with Crippen LogP contribution in [0.25, 0.3) is 0 Å². The standard InChI is InChI=1S/C12H14O2/c1-4-12(3)10-7-8(2)5-6-9(10)11(13)14-12/h5-7H,4H2,1-3H3/t12-/m0/s1. The molecule has 0 spiro atoms. The van der Waals surface area contributed by atoms with Gasteiger partial charge >= 0.3 is 5.97 Å². The van der Waals surface area contributed by atoms with Gasteiger partial charge in [0.05, 0.1) is 5.56 Å². The minimum absolute atomic E-state index is 0.190. The Hall–Kier alpha value is -1.31. The Morgan fingerprint density at radius 2 is 2.14 bits per heavy atom. The maximum atomic E-state index is 11.5. The van der Waals surface area contributed by atoms with Crippen molar-refractivity contribution in [1.29, 1.82) is 0 Å². The third kappa shape index (κ3) is 1.14. The molecular formula is C12H14O2. The van der Waals surface area contributed by atoms with E-state index in [4.69, 9.17) is 4.74 Å². The van der Waals surface area contributed by atoms with Gasteiger partial charge in [-0.25, -0.2) is 4.79 Å². The molecule has 0 unspecified atom stereocenters. The van der Waals surface area contributed by atoms with E-state index in [1.165, 1.54) is 5.56 Å². The SMILES string of the molecule is CC[C@]1(C)OC(=O)c2ccc(C)cc21. The Bertz CT molecular complexity index is 395. The van der Waals surface area contributed by atoms with Gasteiger partial charge < -0.3 is 4.74 Å². The van der Waals surface area contributed by atoms with Crippen LogP contribution in [0.4, 0.5) is 0 Å². The molecule has 1 heterocycles. The zero-order valence-electron chi connectivity index (χ0n) is 8.76. The summed E-state index contributed by atoms with van der Waals surface area (Å²) in [6.45, 7) is 6.03. The molecule has 0 radical (unpaired) electrons. The molecule has 0 saturated heterocycles. The van der Waals surface area contributed by atoms with Crippen LogP contribution in [0.2, 0.25) is 0 Å². The lowest BCUT2D eigenvalue weighted by Crippen LogP contribution is -2.20. The summed E-state index contributed by atoms with van der Waals surface area (Å²) in [4.78, 5) is 11.5. The van der Waals surface area contributed by atoms with Crippen LogP contribution < -0.4 is 0 Å². The molecule has 0 fully saturated rings. The molecule has 0 amide bonds. The first-order valence-electron chi connectivity index (χ1n) is 4.91. The van der Waals surface area contributed by atoms with Crippen molar-refractivity contribution in [3.63, 3.8) is 0 Å². The summed E-state index contributed by atoms with van der Waals surface area (Å²) in [7, 11) is 0. The Labute approximate surface area is 83.9 Å². The maximum absolute atomic E-state index is 11.5. The molecule has 1 aliphatic heterocycles. The predicted octanol–water partition coefficient (Wildman–Crippen LogP) is 2.79. The Morgan fingerprint density at radius 1 is 1.43 bits per heavy atom. The van der Waals surface area contributed by atoms with Gasteiger partial charge in [0.25, 0.3) is 0 Å². The normalized spacial score (nSPS) is 24.6. The van der Waals surface area contributed by atoms with E-state index >= 15 is 0 Å². The number of benzene rings is 1. The molecule has 0 aromatic heterocycles. The monoisotopic (exact) mass is 190 g/mol. The van der Waals surface area contributed by atoms with Gasteiger partial charge in [-0.05, 0) is 26.3 Å². The second-order valence-corrected chi connectivity index (χ2v) is 4.02. The first kappa shape index (κ1) is 9.25. The second kappa shape index (κ2) is 2.84. The number of hydrogen-bond donors (Lipinski definition) is 0. The number of carbonyl (C=O) groups excluding carboxylic acids is 1. The predicted molar refractivity (Wildman–Crippen MR) is 54.2 cm³/mol. The highest BCUT2D eigenvalue weighted by atomic mass is 16.6. The van der Waals surface area contributed by atoms with E-state index in [0.29, 0.717) is 0 Å². The fourth-order valence-corrected chi connectivity index (χ4v) is 1.85. The summed E-state index contributed by atoms with van der Waals surface area (Å²) < 4.78 is 5.38. The smallest absolute Gasteiger partial charge is 0.339 e. The second-order valence-electron chi connectivity index (χ2n) is 4.02. The van der Waals surface area contributed by atoms with Crippen molar-refractivity contribution < 1.29 is 9.53 Å². The molecule has 1 aliphatic rings. The number of carbonyl (C=O) groups is 1. The third-order valence-electron chi connectivity index (χ3n) is 2.96. The van der Waals surface area contributed by atoms with Crippen LogP contribution in [0.15, 0.2) is 18.2 Å². The van der Waals surface area contributed by atoms with E-state index < -0.39 is 5.60 Å². The van der Waals surface area contributed by atoms with Crippen molar-refractivity contribution in [3.8, 4) is 0 Å². The summed E-state index contributed by atoms with van der Waals surface area (Å²) in [6.07, 6.45) is 0.815. The van der Waals surface area contributed by atoms with Crippen LogP contribution in [0.5, 0.6) is 0 Å². The summed E-state index contributed by atoms with van der Waals surface area (Å²) >= 11 is 0. The van der Waals surface area contributed by atoms with E-state index in [0.717, 1.165) is 17.5 Å². The maximum Gasteiger partial charge on any atom is 0.339 e. The van der Waals surface area contributed by atoms with E-state index in [1.807, 2.05) is 39.0 Å². The average molecular weight is 190 g/mol. The summed E-state index contributed by atoms with van der Waals surface area (Å²) in [5.74, 6) is -0.190. The summed E-state index contributed by atoms with van der Waals surface area (Å²) in [5, 5.41) is 0. The van der Waals surface area contributed by atoms with Crippen molar-refractivity contribution in [2.75, 3.05) is 0 Å². The molecule has 2 nitrogen and oxygen atoms in total. The lowest BCUT2D eigenvalue weighted by atomic mass is 9.91. The number of fused-ring (bicyclic) bond motifs is 1. The quantitative estimate of drug-likeness (QED) is 0.636. The molecule has 0 aliphatic carbocycles. The van der Waals surface area contributed by atoms with Gasteiger partial charge in [0.2, 0.25) is 0 Å². The molecule has 14 heavy (non-hydrogen) atoms. The highest BCUT2D eigenvalue weighted by Crippen LogP contribution is 2.38. The molecule has 1 atom stereocenters. The molecule has 2 heteroatoms. The van der Waals surface area contributed by atoms with Crippen LogP contribution in [-0.4, -0.2) is 5.97 Å². The van der Waals surface area contributed by atoms with Crippen molar-refractivity contribution in [2.24, 2.45) is 0 Å². The fourth-order valence-electron chi connectivity index (χ4n) is 1.85. The van der Waals surface area contributed by atoms with Crippen LogP contribution >= 0.6 is 0 Å². The van der Waals surface area contributed by atoms with E-state index in [-0.39, 0.29) is 5.97 Å². The number of hydrogen-bond acceptors (Lipinski definition) is 2. The van der Waals surface area contributed by atoms with Crippen molar-refractivity contribution in [2.45, 2.75) is 32.8 Å². The zero-order chi connectivity index (χ0) is 10.3. The Morgan fingerprint density at radius 3 is 2.79 bits per heavy atom. The van der Waals surface area contributed by atoms with Gasteiger partial charge in [0.1, 0.15) is 5.60 Å². The highest BCUT2D eigenvalue weighted by molar-refractivity contribution is 5.94. The first-order valence-corrected chi connectivity index (χ1v) is 4.91. The number of esters is 1. The third-order valence-corrected chi connectivity index (χ3v) is 2.96. The summed E-state index contributed by atoms with van der Waals surface area (Å²) in [5.41, 5.74) is 2.50. The molecule has 2 rings (SSSR count). The molecular weight excluding hydrogens is 176 g/mol. The van der Waals surface area contributed by atoms with Crippen LogP contribution in [0.1, 0.15) is 41.8 Å². The van der Waals surface area contributed by atoms with Crippen LogP contribution in [-0.2, 0) is 10.3 Å². The van der Waals surface area contributed by atoms with Crippen molar-refractivity contribution in [1.82, 2.24) is 0 Å².